The van der Waals surface area contributed by atoms with Crippen LogP contribution in [0.2, 0.25) is 0 Å². The average Bonchev–Trinajstić information content (AvgIpc) is 2.79. The van der Waals surface area contributed by atoms with Gasteiger partial charge >= 0.3 is 0 Å². The average molecular weight is 524 g/mol. The van der Waals surface area contributed by atoms with Crippen molar-refractivity contribution in [1.82, 2.24) is 14.3 Å². The number of halogens is 1. The molecular formula is C22H30BrN5O3S. The van der Waals surface area contributed by atoms with E-state index in [2.05, 4.69) is 51.5 Å². The zero-order chi connectivity index (χ0) is 22.9. The summed E-state index contributed by atoms with van der Waals surface area (Å²) in [5.41, 5.74) is 1.10. The number of piperazine rings is 1. The molecule has 0 aliphatic carbocycles. The molecule has 32 heavy (non-hydrogen) atoms. The maximum Gasteiger partial charge on any atom is 0.243 e. The lowest BCUT2D eigenvalue weighted by Crippen LogP contribution is -2.49. The first-order valence-electron chi connectivity index (χ1n) is 10.9. The largest absolute Gasteiger partial charge is 0.378 e. The molecule has 1 aromatic heterocycles. The second-order valence-corrected chi connectivity index (χ2v) is 11.9. The lowest BCUT2D eigenvalue weighted by Gasteiger charge is -2.35. The monoisotopic (exact) mass is 523 g/mol. The molecule has 2 aliphatic rings. The highest BCUT2D eigenvalue weighted by Gasteiger charge is 2.30. The topological polar surface area (TPSA) is 78.9 Å². The highest BCUT2D eigenvalue weighted by molar-refractivity contribution is 9.10. The number of aromatic nitrogens is 2. The van der Waals surface area contributed by atoms with E-state index in [0.717, 1.165) is 28.9 Å². The molecule has 0 unspecified atom stereocenters. The molecule has 0 spiro atoms. The number of hydrogen-bond acceptors (Lipinski definition) is 7. The molecule has 0 saturated carbocycles. The van der Waals surface area contributed by atoms with E-state index in [1.165, 1.54) is 0 Å². The van der Waals surface area contributed by atoms with Crippen LogP contribution in [0.5, 0.6) is 0 Å². The van der Waals surface area contributed by atoms with Crippen LogP contribution in [0.25, 0.3) is 0 Å². The van der Waals surface area contributed by atoms with E-state index in [1.54, 1.807) is 22.6 Å². The van der Waals surface area contributed by atoms with Crippen LogP contribution in [0.3, 0.4) is 0 Å². The SMILES string of the molecule is CC(C)(C)c1ccc(S(=O)(=O)N2CCN(c3nc(N4CCOCC4)ncc3Br)CC2)cc1. The van der Waals surface area contributed by atoms with E-state index in [4.69, 9.17) is 9.72 Å². The van der Waals surface area contributed by atoms with E-state index < -0.39 is 10.0 Å². The Balaban J connectivity index is 1.46. The fourth-order valence-electron chi connectivity index (χ4n) is 3.90. The molecule has 2 fully saturated rings. The second-order valence-electron chi connectivity index (χ2n) is 9.11. The zero-order valence-corrected chi connectivity index (χ0v) is 21.2. The molecule has 174 valence electrons. The van der Waals surface area contributed by atoms with Crippen molar-refractivity contribution in [1.29, 1.82) is 0 Å². The molecule has 0 amide bonds. The third-order valence-corrected chi connectivity index (χ3v) is 8.38. The summed E-state index contributed by atoms with van der Waals surface area (Å²) >= 11 is 3.56. The van der Waals surface area contributed by atoms with Crippen molar-refractivity contribution in [2.24, 2.45) is 0 Å². The number of anilines is 2. The third-order valence-electron chi connectivity index (χ3n) is 5.90. The molecule has 2 saturated heterocycles. The number of morpholine rings is 1. The first kappa shape index (κ1) is 23.4. The number of ether oxygens (including phenoxy) is 1. The van der Waals surface area contributed by atoms with Gasteiger partial charge in [0, 0.05) is 45.5 Å². The predicted octanol–water partition coefficient (Wildman–Crippen LogP) is 2.88. The minimum absolute atomic E-state index is 0.0150. The number of rotatable bonds is 4. The molecule has 8 nitrogen and oxygen atoms in total. The van der Waals surface area contributed by atoms with Gasteiger partial charge in [-0.1, -0.05) is 32.9 Å². The molecule has 2 aromatic rings. The molecule has 3 heterocycles. The van der Waals surface area contributed by atoms with Gasteiger partial charge < -0.3 is 14.5 Å². The lowest BCUT2D eigenvalue weighted by molar-refractivity contribution is 0.122. The molecule has 4 rings (SSSR count). The Labute approximate surface area is 198 Å². The molecule has 10 heteroatoms. The van der Waals surface area contributed by atoms with Crippen LogP contribution >= 0.6 is 15.9 Å². The Bertz CT molecular complexity index is 1040. The normalized spacial score (nSPS) is 18.8. The van der Waals surface area contributed by atoms with Crippen molar-refractivity contribution >= 4 is 37.7 Å². The summed E-state index contributed by atoms with van der Waals surface area (Å²) in [6, 6.07) is 7.26. The highest BCUT2D eigenvalue weighted by atomic mass is 79.9. The van der Waals surface area contributed by atoms with Crippen LogP contribution in [0, 0.1) is 0 Å². The highest BCUT2D eigenvalue weighted by Crippen LogP contribution is 2.29. The lowest BCUT2D eigenvalue weighted by atomic mass is 9.87. The second kappa shape index (κ2) is 9.24. The quantitative estimate of drug-likeness (QED) is 0.609. The smallest absolute Gasteiger partial charge is 0.243 e. The predicted molar refractivity (Wildman–Crippen MR) is 129 cm³/mol. The minimum atomic E-state index is -3.53. The van der Waals surface area contributed by atoms with Crippen LogP contribution < -0.4 is 9.80 Å². The van der Waals surface area contributed by atoms with Gasteiger partial charge in [0.2, 0.25) is 16.0 Å². The first-order chi connectivity index (χ1) is 15.2. The summed E-state index contributed by atoms with van der Waals surface area (Å²) in [5.74, 6) is 1.48. The van der Waals surface area contributed by atoms with Crippen LogP contribution in [-0.4, -0.2) is 75.2 Å². The number of nitrogens with zero attached hydrogens (tertiary/aromatic N) is 5. The maximum atomic E-state index is 13.2. The van der Waals surface area contributed by atoms with Crippen LogP contribution in [-0.2, 0) is 20.2 Å². The Kier molecular flexibility index (Phi) is 6.76. The van der Waals surface area contributed by atoms with Gasteiger partial charge in [-0.05, 0) is 39.0 Å². The molecule has 0 radical (unpaired) electrons. The van der Waals surface area contributed by atoms with E-state index in [9.17, 15) is 8.42 Å². The maximum absolute atomic E-state index is 13.2. The Morgan fingerprint density at radius 1 is 0.938 bits per heavy atom. The van der Waals surface area contributed by atoms with Gasteiger partial charge in [0.25, 0.3) is 0 Å². The van der Waals surface area contributed by atoms with Crippen LogP contribution in [0.15, 0.2) is 39.8 Å². The van der Waals surface area contributed by atoms with Crippen molar-refractivity contribution < 1.29 is 13.2 Å². The standard InChI is InChI=1S/C22H30BrN5O3S/c1-22(2,3)17-4-6-18(7-5-17)32(29,30)28-10-8-26(9-11-28)20-19(23)16-24-21(25-20)27-12-14-31-15-13-27/h4-7,16H,8-15H2,1-3H3. The molecule has 2 aliphatic heterocycles. The van der Waals surface area contributed by atoms with Crippen LogP contribution in [0.4, 0.5) is 11.8 Å². The van der Waals surface area contributed by atoms with Gasteiger partial charge in [-0.15, -0.1) is 0 Å². The number of benzene rings is 1. The Morgan fingerprint density at radius 3 is 2.16 bits per heavy atom. The van der Waals surface area contributed by atoms with Gasteiger partial charge in [0.05, 0.1) is 22.6 Å². The minimum Gasteiger partial charge on any atom is -0.378 e. The Hall–Kier alpha value is -1.75. The summed E-state index contributed by atoms with van der Waals surface area (Å²) in [5, 5.41) is 0. The van der Waals surface area contributed by atoms with Gasteiger partial charge in [0.15, 0.2) is 0 Å². The fourth-order valence-corrected chi connectivity index (χ4v) is 5.77. The molecule has 0 bridgehead atoms. The summed E-state index contributed by atoms with van der Waals surface area (Å²) < 4.78 is 34.1. The first-order valence-corrected chi connectivity index (χ1v) is 13.1. The van der Waals surface area contributed by atoms with Crippen molar-refractivity contribution in [3.63, 3.8) is 0 Å². The van der Waals surface area contributed by atoms with E-state index in [1.807, 2.05) is 12.1 Å². The summed E-state index contributed by atoms with van der Waals surface area (Å²) in [7, 11) is -3.53. The molecule has 1 aromatic carbocycles. The van der Waals surface area contributed by atoms with Gasteiger partial charge in [-0.25, -0.2) is 13.4 Å². The van der Waals surface area contributed by atoms with Crippen molar-refractivity contribution in [3.05, 3.63) is 40.5 Å². The molecule has 0 atom stereocenters. The molecule has 0 N–H and O–H groups in total. The zero-order valence-electron chi connectivity index (χ0n) is 18.8. The Morgan fingerprint density at radius 2 is 1.56 bits per heavy atom. The van der Waals surface area contributed by atoms with Crippen molar-refractivity contribution in [2.45, 2.75) is 31.1 Å². The third kappa shape index (κ3) is 4.93. The van der Waals surface area contributed by atoms with E-state index in [-0.39, 0.29) is 5.41 Å². The van der Waals surface area contributed by atoms with Crippen molar-refractivity contribution in [3.8, 4) is 0 Å². The van der Waals surface area contributed by atoms with Gasteiger partial charge in [-0.3, -0.25) is 0 Å². The van der Waals surface area contributed by atoms with Gasteiger partial charge in [0.1, 0.15) is 5.82 Å². The summed E-state index contributed by atoms with van der Waals surface area (Å²) in [6.07, 6.45) is 1.77. The molecular weight excluding hydrogens is 494 g/mol. The van der Waals surface area contributed by atoms with E-state index >= 15 is 0 Å². The number of sulfonamides is 1. The number of hydrogen-bond donors (Lipinski definition) is 0. The van der Waals surface area contributed by atoms with Crippen LogP contribution in [0.1, 0.15) is 26.3 Å². The summed E-state index contributed by atoms with van der Waals surface area (Å²) in [6.45, 7) is 11.2. The summed E-state index contributed by atoms with van der Waals surface area (Å²) in [4.78, 5) is 13.8. The van der Waals surface area contributed by atoms with E-state index in [0.29, 0.717) is 50.2 Å². The van der Waals surface area contributed by atoms with Crippen molar-refractivity contribution in [2.75, 3.05) is 62.3 Å². The fraction of sp³-hybridized carbons (Fsp3) is 0.545. The van der Waals surface area contributed by atoms with Gasteiger partial charge in [-0.2, -0.15) is 9.29 Å².